The zero-order valence-electron chi connectivity index (χ0n) is 16.7. The molecule has 1 aliphatic heterocycles. The first-order valence-electron chi connectivity index (χ1n) is 10.5. The Morgan fingerprint density at radius 2 is 1.61 bits per heavy atom. The van der Waals surface area contributed by atoms with E-state index in [1.54, 1.807) is 12.0 Å². The summed E-state index contributed by atoms with van der Waals surface area (Å²) in [5.41, 5.74) is 0. The fourth-order valence-electron chi connectivity index (χ4n) is 5.22. The molecule has 6 unspecified atom stereocenters. The van der Waals surface area contributed by atoms with Crippen molar-refractivity contribution in [2.45, 2.75) is 55.4 Å². The van der Waals surface area contributed by atoms with E-state index in [4.69, 9.17) is 27.9 Å². The molecule has 3 aliphatic rings. The van der Waals surface area contributed by atoms with Crippen LogP contribution in [0.4, 0.5) is 0 Å². The molecule has 0 radical (unpaired) electrons. The first-order chi connectivity index (χ1) is 13.5. The summed E-state index contributed by atoms with van der Waals surface area (Å²) in [5, 5.41) is 0.156. The Morgan fingerprint density at radius 3 is 2.21 bits per heavy atom. The Morgan fingerprint density at radius 1 is 0.964 bits per heavy atom. The van der Waals surface area contributed by atoms with E-state index in [0.29, 0.717) is 38.5 Å². The lowest BCUT2D eigenvalue weighted by atomic mass is 9.68. The average molecular weight is 431 g/mol. The minimum atomic E-state index is -0.183. The van der Waals surface area contributed by atoms with Gasteiger partial charge in [-0.2, -0.15) is 0 Å². The highest BCUT2D eigenvalue weighted by Crippen LogP contribution is 2.45. The predicted molar refractivity (Wildman–Crippen MR) is 112 cm³/mol. The zero-order valence-corrected chi connectivity index (χ0v) is 18.2. The number of ether oxygens (including phenoxy) is 1. The van der Waals surface area contributed by atoms with Crippen molar-refractivity contribution in [2.24, 2.45) is 17.8 Å². The molecule has 1 heterocycles. The number of piperazine rings is 1. The normalized spacial score (nSPS) is 36.8. The molecule has 0 aromatic rings. The molecule has 3 rings (SSSR count). The Kier molecular flexibility index (Phi) is 7.68. The van der Waals surface area contributed by atoms with E-state index in [-0.39, 0.29) is 40.5 Å². The highest BCUT2D eigenvalue weighted by molar-refractivity contribution is 6.22. The molecule has 158 valence electrons. The van der Waals surface area contributed by atoms with Crippen LogP contribution in [-0.4, -0.2) is 71.8 Å². The van der Waals surface area contributed by atoms with Crippen molar-refractivity contribution in [2.75, 3.05) is 33.3 Å². The summed E-state index contributed by atoms with van der Waals surface area (Å²) < 4.78 is 5.68. The number of rotatable bonds is 4. The van der Waals surface area contributed by atoms with E-state index >= 15 is 0 Å². The first kappa shape index (κ1) is 21.9. The number of hydrogen-bond donors (Lipinski definition) is 0. The van der Waals surface area contributed by atoms with Gasteiger partial charge in [-0.3, -0.25) is 9.59 Å². The van der Waals surface area contributed by atoms with E-state index < -0.39 is 0 Å². The minimum absolute atomic E-state index is 0.000380. The maximum atomic E-state index is 13.3. The van der Waals surface area contributed by atoms with Gasteiger partial charge in [-0.05, 0) is 43.6 Å². The van der Waals surface area contributed by atoms with Crippen molar-refractivity contribution in [3.63, 3.8) is 0 Å². The number of hydrogen-bond acceptors (Lipinski definition) is 3. The van der Waals surface area contributed by atoms with E-state index in [1.165, 1.54) is 18.9 Å². The van der Waals surface area contributed by atoms with Crippen LogP contribution in [0.15, 0.2) is 12.7 Å². The van der Waals surface area contributed by atoms with Crippen LogP contribution in [0.2, 0.25) is 0 Å². The van der Waals surface area contributed by atoms with Crippen LogP contribution < -0.4 is 0 Å². The molecular weight excluding hydrogens is 399 g/mol. The van der Waals surface area contributed by atoms with Crippen molar-refractivity contribution in [3.05, 3.63) is 12.7 Å². The maximum Gasteiger partial charge on any atom is 0.246 e. The number of nitrogens with zero attached hydrogens (tertiary/aromatic N) is 2. The third-order valence-electron chi connectivity index (χ3n) is 6.88. The van der Waals surface area contributed by atoms with Gasteiger partial charge in [0.25, 0.3) is 0 Å². The van der Waals surface area contributed by atoms with Crippen LogP contribution in [0, 0.1) is 17.8 Å². The molecule has 6 atom stereocenters. The minimum Gasteiger partial charge on any atom is -0.381 e. The van der Waals surface area contributed by atoms with Gasteiger partial charge in [0, 0.05) is 44.0 Å². The van der Waals surface area contributed by atoms with Crippen molar-refractivity contribution < 1.29 is 14.3 Å². The van der Waals surface area contributed by atoms with E-state index in [2.05, 4.69) is 6.58 Å². The van der Waals surface area contributed by atoms with E-state index in [9.17, 15) is 9.59 Å². The summed E-state index contributed by atoms with van der Waals surface area (Å²) in [7, 11) is 1.67. The lowest BCUT2D eigenvalue weighted by Gasteiger charge is -2.45. The Balaban J connectivity index is 1.67. The lowest BCUT2D eigenvalue weighted by Crippen LogP contribution is -2.55. The lowest BCUT2D eigenvalue weighted by molar-refractivity contribution is -0.147. The van der Waals surface area contributed by atoms with Gasteiger partial charge >= 0.3 is 0 Å². The van der Waals surface area contributed by atoms with Gasteiger partial charge in [0.1, 0.15) is 0 Å². The average Bonchev–Trinajstić information content (AvgIpc) is 2.73. The van der Waals surface area contributed by atoms with Gasteiger partial charge in [0.2, 0.25) is 11.8 Å². The number of carbonyl (C=O) groups is 2. The molecule has 1 saturated heterocycles. The van der Waals surface area contributed by atoms with Crippen LogP contribution in [0.1, 0.15) is 38.5 Å². The maximum absolute atomic E-state index is 13.3. The molecule has 0 aromatic heterocycles. The summed E-state index contributed by atoms with van der Waals surface area (Å²) in [4.78, 5) is 28.7. The van der Waals surface area contributed by atoms with Crippen LogP contribution in [0.3, 0.4) is 0 Å². The van der Waals surface area contributed by atoms with Gasteiger partial charge in [-0.1, -0.05) is 19.4 Å². The number of alkyl halides is 2. The quantitative estimate of drug-likeness (QED) is 0.507. The number of methoxy groups -OCH3 is 1. The molecule has 28 heavy (non-hydrogen) atoms. The van der Waals surface area contributed by atoms with Crippen molar-refractivity contribution in [1.29, 1.82) is 0 Å². The number of carbonyl (C=O) groups excluding carboxylic acids is 2. The Hall–Kier alpha value is -0.780. The molecule has 3 fully saturated rings. The standard InChI is InChI=1S/C21H32Cl2N2O3/c1-3-20(26)24-8-10-25(11-9-24)21(27)16-12-15(18(23)13-19(16)28-2)14-6-4-5-7-17(14)22/h3,14-19H,1,4-13H2,2H3. The fourth-order valence-corrected chi connectivity index (χ4v) is 6.16. The highest BCUT2D eigenvalue weighted by Gasteiger charge is 2.46. The molecule has 0 bridgehead atoms. The third kappa shape index (κ3) is 4.68. The smallest absolute Gasteiger partial charge is 0.246 e. The topological polar surface area (TPSA) is 49.9 Å². The number of halogens is 2. The van der Waals surface area contributed by atoms with Crippen LogP contribution in [0.25, 0.3) is 0 Å². The van der Waals surface area contributed by atoms with Crippen molar-refractivity contribution >= 4 is 35.0 Å². The van der Waals surface area contributed by atoms with Gasteiger partial charge in [-0.15, -0.1) is 23.2 Å². The van der Waals surface area contributed by atoms with Gasteiger partial charge in [0.05, 0.1) is 12.0 Å². The van der Waals surface area contributed by atoms with Crippen molar-refractivity contribution in [1.82, 2.24) is 9.80 Å². The zero-order chi connectivity index (χ0) is 20.3. The predicted octanol–water partition coefficient (Wildman–Crippen LogP) is 3.29. The largest absolute Gasteiger partial charge is 0.381 e. The second-order valence-corrected chi connectivity index (χ2v) is 9.47. The summed E-state index contributed by atoms with van der Waals surface area (Å²) in [6, 6.07) is 0. The monoisotopic (exact) mass is 430 g/mol. The molecule has 0 spiro atoms. The molecule has 7 heteroatoms. The summed E-state index contributed by atoms with van der Waals surface area (Å²) in [5.74, 6) is 0.516. The SMILES string of the molecule is C=CC(=O)N1CCN(C(=O)C2CC(C3CCCCC3Cl)C(Cl)CC2OC)CC1. The second-order valence-electron chi connectivity index (χ2n) is 8.35. The van der Waals surface area contributed by atoms with Crippen LogP contribution in [0.5, 0.6) is 0 Å². The molecule has 0 aromatic carbocycles. The van der Waals surface area contributed by atoms with Gasteiger partial charge in [0.15, 0.2) is 0 Å². The Labute approximate surface area is 178 Å². The molecule has 2 saturated carbocycles. The summed E-state index contributed by atoms with van der Waals surface area (Å²) >= 11 is 13.4. The second kappa shape index (κ2) is 9.82. The van der Waals surface area contributed by atoms with E-state index in [0.717, 1.165) is 19.3 Å². The Bertz CT molecular complexity index is 580. The fraction of sp³-hybridized carbons (Fsp3) is 0.810. The van der Waals surface area contributed by atoms with Crippen LogP contribution in [-0.2, 0) is 14.3 Å². The van der Waals surface area contributed by atoms with Crippen molar-refractivity contribution in [3.8, 4) is 0 Å². The summed E-state index contributed by atoms with van der Waals surface area (Å²) in [6.07, 6.45) is 7.12. The molecule has 2 amide bonds. The van der Waals surface area contributed by atoms with E-state index in [1.807, 2.05) is 4.90 Å². The first-order valence-corrected chi connectivity index (χ1v) is 11.3. The molecule has 5 nitrogen and oxygen atoms in total. The van der Waals surface area contributed by atoms with Gasteiger partial charge in [-0.25, -0.2) is 0 Å². The highest BCUT2D eigenvalue weighted by atomic mass is 35.5. The van der Waals surface area contributed by atoms with Crippen LogP contribution >= 0.6 is 23.2 Å². The van der Waals surface area contributed by atoms with Gasteiger partial charge < -0.3 is 14.5 Å². The molecule has 0 N–H and O–H groups in total. The molecule has 2 aliphatic carbocycles. The molecular formula is C21H32Cl2N2O3. The summed E-state index contributed by atoms with van der Waals surface area (Å²) in [6.45, 7) is 5.75. The third-order valence-corrected chi connectivity index (χ3v) is 7.92. The number of amides is 2.